The van der Waals surface area contributed by atoms with Gasteiger partial charge >= 0.3 is 6.18 Å². The molecule has 3 N–H and O–H groups in total. The smallest absolute Gasteiger partial charge is 0.397 e. The van der Waals surface area contributed by atoms with Crippen LogP contribution < -0.4 is 11.1 Å². The largest absolute Gasteiger partial charge is 0.416 e. The summed E-state index contributed by atoms with van der Waals surface area (Å²) in [7, 11) is 0. The van der Waals surface area contributed by atoms with Crippen molar-refractivity contribution in [1.82, 2.24) is 9.78 Å². The summed E-state index contributed by atoms with van der Waals surface area (Å²) in [6, 6.07) is 17.5. The standard InChI is InChI=1S/C23H19F3N4O/c1-14-18-11-10-17(23(24,25)26)12-21(18)29-30(14)13-15-6-8-16(9-7-15)22(31)28-20-5-3-2-4-19(20)27/h2-12H,13,27H2,1H3,(H,28,31). The van der Waals surface area contributed by atoms with Crippen molar-refractivity contribution >= 4 is 28.2 Å². The molecule has 158 valence electrons. The topological polar surface area (TPSA) is 72.9 Å². The number of nitrogen functional groups attached to an aromatic ring is 1. The molecule has 0 aliphatic heterocycles. The minimum Gasteiger partial charge on any atom is -0.397 e. The SMILES string of the molecule is Cc1c2ccc(C(F)(F)F)cc2nn1Cc1ccc(C(=O)Nc2ccccc2N)cc1. The lowest BCUT2D eigenvalue weighted by atomic mass is 10.1. The summed E-state index contributed by atoms with van der Waals surface area (Å²) in [6.07, 6.45) is -4.41. The Hall–Kier alpha value is -3.81. The fourth-order valence-corrected chi connectivity index (χ4v) is 3.33. The van der Waals surface area contributed by atoms with Crippen LogP contribution in [0.15, 0.2) is 66.7 Å². The summed E-state index contributed by atoms with van der Waals surface area (Å²) in [5.74, 6) is -0.287. The summed E-state index contributed by atoms with van der Waals surface area (Å²) < 4.78 is 40.5. The van der Waals surface area contributed by atoms with Crippen LogP contribution in [0.4, 0.5) is 24.5 Å². The average molecular weight is 424 g/mol. The van der Waals surface area contributed by atoms with Gasteiger partial charge in [0.1, 0.15) is 0 Å². The van der Waals surface area contributed by atoms with Crippen molar-refractivity contribution in [3.8, 4) is 0 Å². The number of rotatable bonds is 4. The first-order valence-corrected chi connectivity index (χ1v) is 9.51. The normalized spacial score (nSPS) is 11.6. The highest BCUT2D eigenvalue weighted by atomic mass is 19.4. The molecule has 0 aliphatic rings. The van der Waals surface area contributed by atoms with E-state index in [-0.39, 0.29) is 5.91 Å². The minimum atomic E-state index is -4.41. The van der Waals surface area contributed by atoms with Crippen molar-refractivity contribution in [3.63, 3.8) is 0 Å². The van der Waals surface area contributed by atoms with E-state index in [2.05, 4.69) is 10.4 Å². The summed E-state index contributed by atoms with van der Waals surface area (Å²) in [5.41, 5.74) is 8.53. The van der Waals surface area contributed by atoms with Crippen LogP contribution in [0.3, 0.4) is 0 Å². The quantitative estimate of drug-likeness (QED) is 0.440. The molecule has 0 spiro atoms. The third-order valence-corrected chi connectivity index (χ3v) is 5.09. The second-order valence-corrected chi connectivity index (χ2v) is 7.21. The van der Waals surface area contributed by atoms with Gasteiger partial charge in [0, 0.05) is 16.6 Å². The number of amides is 1. The fourth-order valence-electron chi connectivity index (χ4n) is 3.33. The van der Waals surface area contributed by atoms with Gasteiger partial charge in [0.2, 0.25) is 0 Å². The summed E-state index contributed by atoms with van der Waals surface area (Å²) in [4.78, 5) is 12.4. The van der Waals surface area contributed by atoms with Crippen molar-refractivity contribution < 1.29 is 18.0 Å². The summed E-state index contributed by atoms with van der Waals surface area (Å²) in [5, 5.41) is 7.77. The zero-order valence-electron chi connectivity index (χ0n) is 16.6. The maximum atomic E-state index is 13.0. The van der Waals surface area contributed by atoms with Gasteiger partial charge in [0.05, 0.1) is 29.0 Å². The van der Waals surface area contributed by atoms with Gasteiger partial charge in [-0.05, 0) is 48.9 Å². The molecule has 1 aromatic heterocycles. The molecule has 0 fully saturated rings. The lowest BCUT2D eigenvalue weighted by molar-refractivity contribution is -0.137. The molecule has 0 bridgehead atoms. The van der Waals surface area contributed by atoms with E-state index in [0.29, 0.717) is 34.4 Å². The summed E-state index contributed by atoms with van der Waals surface area (Å²) in [6.45, 7) is 2.18. The minimum absolute atomic E-state index is 0.287. The first-order chi connectivity index (χ1) is 14.7. The maximum absolute atomic E-state index is 13.0. The Kier molecular flexibility index (Phi) is 5.14. The number of carbonyl (C=O) groups is 1. The van der Waals surface area contributed by atoms with Crippen LogP contribution in [0.25, 0.3) is 10.9 Å². The summed E-state index contributed by atoms with van der Waals surface area (Å²) >= 11 is 0. The van der Waals surface area contributed by atoms with E-state index in [0.717, 1.165) is 23.4 Å². The van der Waals surface area contributed by atoms with Gasteiger partial charge < -0.3 is 11.1 Å². The van der Waals surface area contributed by atoms with Gasteiger partial charge in [-0.3, -0.25) is 9.48 Å². The molecule has 5 nitrogen and oxygen atoms in total. The second kappa shape index (κ2) is 7.79. The number of nitrogens with zero attached hydrogens (tertiary/aromatic N) is 2. The van der Waals surface area contributed by atoms with Crippen LogP contribution in [-0.4, -0.2) is 15.7 Å². The Bertz CT molecular complexity index is 1260. The predicted molar refractivity (Wildman–Crippen MR) is 114 cm³/mol. The third-order valence-electron chi connectivity index (χ3n) is 5.09. The number of anilines is 2. The Morgan fingerprint density at radius 3 is 2.45 bits per heavy atom. The number of hydrogen-bond donors (Lipinski definition) is 2. The zero-order valence-corrected chi connectivity index (χ0v) is 16.6. The van der Waals surface area contributed by atoms with Crippen molar-refractivity contribution in [2.45, 2.75) is 19.6 Å². The van der Waals surface area contributed by atoms with Crippen molar-refractivity contribution in [2.24, 2.45) is 0 Å². The van der Waals surface area contributed by atoms with E-state index >= 15 is 0 Å². The highest BCUT2D eigenvalue weighted by Crippen LogP contribution is 2.32. The second-order valence-electron chi connectivity index (χ2n) is 7.21. The first kappa shape index (κ1) is 20.5. The number of alkyl halides is 3. The van der Waals surface area contributed by atoms with Gasteiger partial charge in [0.25, 0.3) is 5.91 Å². The number of fused-ring (bicyclic) bond motifs is 1. The van der Waals surface area contributed by atoms with Gasteiger partial charge in [-0.1, -0.05) is 30.3 Å². The Morgan fingerprint density at radius 1 is 1.06 bits per heavy atom. The van der Waals surface area contributed by atoms with Gasteiger partial charge in [0.15, 0.2) is 0 Å². The molecule has 8 heteroatoms. The van der Waals surface area contributed by atoms with Crippen LogP contribution in [0.1, 0.15) is 27.2 Å². The lowest BCUT2D eigenvalue weighted by Gasteiger charge is -2.09. The number of benzene rings is 3. The van der Waals surface area contributed by atoms with Crippen LogP contribution in [0, 0.1) is 6.92 Å². The number of aromatic nitrogens is 2. The predicted octanol–water partition coefficient (Wildman–Crippen LogP) is 5.25. The van der Waals surface area contributed by atoms with Gasteiger partial charge in [-0.15, -0.1) is 0 Å². The molecular weight excluding hydrogens is 405 g/mol. The van der Waals surface area contributed by atoms with Gasteiger partial charge in [-0.2, -0.15) is 18.3 Å². The lowest BCUT2D eigenvalue weighted by Crippen LogP contribution is -2.13. The molecule has 3 aromatic carbocycles. The van der Waals surface area contributed by atoms with Gasteiger partial charge in [-0.25, -0.2) is 0 Å². The molecule has 1 amide bonds. The number of carbonyl (C=O) groups excluding carboxylic acids is 1. The first-order valence-electron chi connectivity index (χ1n) is 9.51. The van der Waals surface area contributed by atoms with Crippen LogP contribution in [0.2, 0.25) is 0 Å². The number of nitrogens with two attached hydrogens (primary N) is 1. The van der Waals surface area contributed by atoms with Crippen LogP contribution in [0.5, 0.6) is 0 Å². The van der Waals surface area contributed by atoms with Crippen LogP contribution in [-0.2, 0) is 12.7 Å². The molecule has 0 radical (unpaired) electrons. The van der Waals surface area contributed by atoms with Crippen molar-refractivity contribution in [2.75, 3.05) is 11.1 Å². The molecule has 4 aromatic rings. The molecule has 4 rings (SSSR count). The Morgan fingerprint density at radius 2 is 1.77 bits per heavy atom. The number of halogens is 3. The van der Waals surface area contributed by atoms with Crippen molar-refractivity contribution in [3.05, 3.63) is 89.1 Å². The molecule has 0 saturated carbocycles. The molecule has 31 heavy (non-hydrogen) atoms. The number of para-hydroxylation sites is 2. The highest BCUT2D eigenvalue weighted by Gasteiger charge is 2.31. The van der Waals surface area contributed by atoms with E-state index in [1.807, 2.05) is 6.92 Å². The Balaban J connectivity index is 1.52. The molecular formula is C23H19F3N4O. The average Bonchev–Trinajstić information content (AvgIpc) is 3.04. The monoisotopic (exact) mass is 424 g/mol. The Labute approximate surface area is 176 Å². The van der Waals surface area contributed by atoms with E-state index in [1.54, 1.807) is 53.2 Å². The zero-order chi connectivity index (χ0) is 22.2. The molecule has 0 aliphatic carbocycles. The molecule has 0 saturated heterocycles. The third kappa shape index (κ3) is 4.23. The number of hydrogen-bond acceptors (Lipinski definition) is 3. The molecule has 0 unspecified atom stereocenters. The van der Waals surface area contributed by atoms with E-state index in [4.69, 9.17) is 5.73 Å². The fraction of sp³-hybridized carbons (Fsp3) is 0.130. The number of nitrogens with one attached hydrogen (secondary N) is 1. The van der Waals surface area contributed by atoms with Crippen LogP contribution >= 0.6 is 0 Å². The van der Waals surface area contributed by atoms with E-state index in [1.165, 1.54) is 6.07 Å². The van der Waals surface area contributed by atoms with E-state index < -0.39 is 11.7 Å². The molecule has 1 heterocycles. The maximum Gasteiger partial charge on any atom is 0.416 e. The van der Waals surface area contributed by atoms with Crippen molar-refractivity contribution in [1.29, 1.82) is 0 Å². The highest BCUT2D eigenvalue weighted by molar-refractivity contribution is 6.05. The molecule has 0 atom stereocenters. The van der Waals surface area contributed by atoms with E-state index in [9.17, 15) is 18.0 Å². The number of aryl methyl sites for hydroxylation is 1.